The number of hydrogen-bond acceptors (Lipinski definition) is 4. The molecule has 2 amide bonds. The third-order valence-electron chi connectivity index (χ3n) is 5.12. The topological polar surface area (TPSA) is 72.5 Å². The Balaban J connectivity index is 1.52. The molecule has 0 bridgehead atoms. The Kier molecular flexibility index (Phi) is 5.88. The van der Waals surface area contributed by atoms with Crippen LogP contribution in [0.3, 0.4) is 0 Å². The second-order valence-electron chi connectivity index (χ2n) is 6.58. The van der Waals surface area contributed by atoms with Crippen LogP contribution in [0.2, 0.25) is 0 Å². The van der Waals surface area contributed by atoms with Crippen LogP contribution < -0.4 is 0 Å². The number of aromatic amines is 1. The molecule has 0 atom stereocenters. The molecule has 1 saturated heterocycles. The number of nitrogens with one attached hydrogen (secondary N) is 1. The minimum absolute atomic E-state index is 0.0109. The van der Waals surface area contributed by atoms with Gasteiger partial charge in [-0.25, -0.2) is 4.98 Å². The van der Waals surface area contributed by atoms with Gasteiger partial charge in [-0.05, 0) is 31.3 Å². The summed E-state index contributed by atoms with van der Waals surface area (Å²) in [6.07, 6.45) is 2.17. The summed E-state index contributed by atoms with van der Waals surface area (Å²) in [4.78, 5) is 38.3. The Morgan fingerprint density at radius 2 is 1.81 bits per heavy atom. The molecule has 7 nitrogen and oxygen atoms in total. The Morgan fingerprint density at radius 1 is 1.12 bits per heavy atom. The van der Waals surface area contributed by atoms with Crippen LogP contribution in [0.5, 0.6) is 0 Å². The number of H-pyrrole nitrogens is 1. The number of benzene rings is 1. The lowest BCUT2D eigenvalue weighted by atomic mass is 10.1. The second-order valence-corrected chi connectivity index (χ2v) is 6.58. The third kappa shape index (κ3) is 4.04. The van der Waals surface area contributed by atoms with Gasteiger partial charge in [-0.1, -0.05) is 13.8 Å². The fourth-order valence-electron chi connectivity index (χ4n) is 3.36. The van der Waals surface area contributed by atoms with E-state index in [1.165, 1.54) is 0 Å². The van der Waals surface area contributed by atoms with Crippen LogP contribution in [0.1, 0.15) is 30.6 Å². The minimum Gasteiger partial charge on any atom is -0.345 e. The molecule has 140 valence electrons. The van der Waals surface area contributed by atoms with Gasteiger partial charge in [0.1, 0.15) is 0 Å². The summed E-state index contributed by atoms with van der Waals surface area (Å²) >= 11 is 0. The number of carbonyl (C=O) groups is 2. The zero-order valence-electron chi connectivity index (χ0n) is 15.6. The summed E-state index contributed by atoms with van der Waals surface area (Å²) < 4.78 is 0. The van der Waals surface area contributed by atoms with E-state index in [9.17, 15) is 9.59 Å². The summed E-state index contributed by atoms with van der Waals surface area (Å²) in [5, 5.41) is 0. The Bertz CT molecular complexity index is 760. The van der Waals surface area contributed by atoms with Crippen molar-refractivity contribution in [3.63, 3.8) is 0 Å². The van der Waals surface area contributed by atoms with Crippen LogP contribution in [0.15, 0.2) is 24.5 Å². The smallest absolute Gasteiger partial charge is 0.254 e. The Hall–Kier alpha value is -2.41. The molecule has 1 aromatic carbocycles. The van der Waals surface area contributed by atoms with Crippen molar-refractivity contribution in [2.75, 3.05) is 45.8 Å². The standard InChI is InChI=1S/C19H27N5O2/c1-3-22(4-2)8-7-18(25)23-9-11-24(12-10-23)19(26)15-5-6-16-17(13-15)21-14-20-16/h5-6,13-14H,3-4,7-12H2,1-2H3,(H,20,21). The summed E-state index contributed by atoms with van der Waals surface area (Å²) in [5.74, 6) is 0.194. The molecule has 0 unspecified atom stereocenters. The van der Waals surface area contributed by atoms with E-state index in [-0.39, 0.29) is 11.8 Å². The van der Waals surface area contributed by atoms with Crippen LogP contribution in [0.4, 0.5) is 0 Å². The van der Waals surface area contributed by atoms with Crippen molar-refractivity contribution < 1.29 is 9.59 Å². The summed E-state index contributed by atoms with van der Waals surface area (Å²) in [6.45, 7) is 9.32. The van der Waals surface area contributed by atoms with Crippen LogP contribution in [0, 0.1) is 0 Å². The SMILES string of the molecule is CCN(CC)CCC(=O)N1CCN(C(=O)c2ccc3nc[nH]c3c2)CC1. The molecule has 1 N–H and O–H groups in total. The van der Waals surface area contributed by atoms with Crippen molar-refractivity contribution in [1.29, 1.82) is 0 Å². The minimum atomic E-state index is 0.0109. The predicted molar refractivity (Wildman–Crippen MR) is 101 cm³/mol. The summed E-state index contributed by atoms with van der Waals surface area (Å²) in [7, 11) is 0. The summed E-state index contributed by atoms with van der Waals surface area (Å²) in [5.41, 5.74) is 2.37. The van der Waals surface area contributed by atoms with Gasteiger partial charge in [0.2, 0.25) is 5.91 Å². The molecular weight excluding hydrogens is 330 g/mol. The second kappa shape index (κ2) is 8.31. The van der Waals surface area contributed by atoms with Crippen molar-refractivity contribution >= 4 is 22.8 Å². The van der Waals surface area contributed by atoms with E-state index in [2.05, 4.69) is 28.7 Å². The number of nitrogens with zero attached hydrogens (tertiary/aromatic N) is 4. The number of rotatable bonds is 6. The van der Waals surface area contributed by atoms with Gasteiger partial charge in [-0.2, -0.15) is 0 Å². The van der Waals surface area contributed by atoms with Crippen molar-refractivity contribution in [1.82, 2.24) is 24.7 Å². The fourth-order valence-corrected chi connectivity index (χ4v) is 3.36. The highest BCUT2D eigenvalue weighted by Crippen LogP contribution is 2.15. The van der Waals surface area contributed by atoms with Crippen LogP contribution >= 0.6 is 0 Å². The first kappa shape index (κ1) is 18.4. The van der Waals surface area contributed by atoms with Crippen LogP contribution in [-0.2, 0) is 4.79 Å². The van der Waals surface area contributed by atoms with Gasteiger partial charge in [0.05, 0.1) is 17.4 Å². The monoisotopic (exact) mass is 357 g/mol. The molecule has 2 aromatic rings. The average molecular weight is 357 g/mol. The average Bonchev–Trinajstić information content (AvgIpc) is 3.16. The highest BCUT2D eigenvalue weighted by molar-refractivity contribution is 5.97. The third-order valence-corrected chi connectivity index (χ3v) is 5.12. The number of hydrogen-bond donors (Lipinski definition) is 1. The molecule has 0 spiro atoms. The highest BCUT2D eigenvalue weighted by atomic mass is 16.2. The van der Waals surface area contributed by atoms with Gasteiger partial charge in [0.15, 0.2) is 0 Å². The first-order chi connectivity index (χ1) is 12.6. The van der Waals surface area contributed by atoms with Gasteiger partial charge >= 0.3 is 0 Å². The van der Waals surface area contributed by atoms with E-state index in [0.717, 1.165) is 30.7 Å². The number of amides is 2. The summed E-state index contributed by atoms with van der Waals surface area (Å²) in [6, 6.07) is 5.51. The van der Waals surface area contributed by atoms with Crippen molar-refractivity contribution in [3.8, 4) is 0 Å². The number of aromatic nitrogens is 2. The lowest BCUT2D eigenvalue weighted by Crippen LogP contribution is -2.51. The molecule has 2 heterocycles. The van der Waals surface area contributed by atoms with Gasteiger partial charge < -0.3 is 19.7 Å². The maximum absolute atomic E-state index is 12.7. The molecule has 1 aliphatic rings. The number of imidazole rings is 1. The maximum Gasteiger partial charge on any atom is 0.254 e. The quantitative estimate of drug-likeness (QED) is 0.852. The van der Waals surface area contributed by atoms with Gasteiger partial charge in [0, 0.05) is 44.7 Å². The van der Waals surface area contributed by atoms with Gasteiger partial charge in [-0.15, -0.1) is 0 Å². The molecule has 1 fully saturated rings. The van der Waals surface area contributed by atoms with E-state index in [1.54, 1.807) is 6.33 Å². The fraction of sp³-hybridized carbons (Fsp3) is 0.526. The normalized spacial score (nSPS) is 15.0. The lowest BCUT2D eigenvalue weighted by molar-refractivity contribution is -0.133. The van der Waals surface area contributed by atoms with Crippen molar-refractivity contribution in [2.24, 2.45) is 0 Å². The van der Waals surface area contributed by atoms with Crippen molar-refractivity contribution in [2.45, 2.75) is 20.3 Å². The first-order valence-electron chi connectivity index (χ1n) is 9.35. The number of carbonyl (C=O) groups excluding carboxylic acids is 2. The van der Waals surface area contributed by atoms with Crippen molar-refractivity contribution in [3.05, 3.63) is 30.1 Å². The molecule has 0 aliphatic carbocycles. The molecular formula is C19H27N5O2. The Labute approximate surface area is 154 Å². The van der Waals surface area contributed by atoms with Gasteiger partial charge in [-0.3, -0.25) is 9.59 Å². The molecule has 1 aromatic heterocycles. The molecule has 3 rings (SSSR count). The van der Waals surface area contributed by atoms with E-state index in [0.29, 0.717) is 38.2 Å². The van der Waals surface area contributed by atoms with Crippen LogP contribution in [0.25, 0.3) is 11.0 Å². The lowest BCUT2D eigenvalue weighted by Gasteiger charge is -2.35. The highest BCUT2D eigenvalue weighted by Gasteiger charge is 2.25. The molecule has 1 aliphatic heterocycles. The zero-order valence-corrected chi connectivity index (χ0v) is 15.6. The zero-order chi connectivity index (χ0) is 18.5. The van der Waals surface area contributed by atoms with E-state index >= 15 is 0 Å². The number of piperazine rings is 1. The molecule has 0 saturated carbocycles. The van der Waals surface area contributed by atoms with Gasteiger partial charge in [0.25, 0.3) is 5.91 Å². The predicted octanol–water partition coefficient (Wildman–Crippen LogP) is 1.58. The molecule has 26 heavy (non-hydrogen) atoms. The van der Waals surface area contributed by atoms with Crippen LogP contribution in [-0.4, -0.2) is 82.3 Å². The first-order valence-corrected chi connectivity index (χ1v) is 9.35. The Morgan fingerprint density at radius 3 is 2.50 bits per heavy atom. The molecule has 7 heteroatoms. The van der Waals surface area contributed by atoms with E-state index in [1.807, 2.05) is 28.0 Å². The maximum atomic E-state index is 12.7. The van der Waals surface area contributed by atoms with E-state index in [4.69, 9.17) is 0 Å². The van der Waals surface area contributed by atoms with E-state index < -0.39 is 0 Å². The largest absolute Gasteiger partial charge is 0.345 e. The number of fused-ring (bicyclic) bond motifs is 1. The molecule has 0 radical (unpaired) electrons.